The van der Waals surface area contributed by atoms with E-state index in [1.54, 1.807) is 18.0 Å². The smallest absolute Gasteiger partial charge is 0.296 e. The van der Waals surface area contributed by atoms with Crippen LogP contribution in [0.1, 0.15) is 5.56 Å². The molecule has 0 aliphatic heterocycles. The quantitative estimate of drug-likeness (QED) is 0.518. The molecule has 142 valence electrons. The van der Waals surface area contributed by atoms with Gasteiger partial charge >= 0.3 is 0 Å². The molecule has 4 rings (SSSR count). The van der Waals surface area contributed by atoms with Gasteiger partial charge in [0, 0.05) is 18.1 Å². The molecule has 0 atom stereocenters. The molecule has 4 aromatic rings. The van der Waals surface area contributed by atoms with Crippen molar-refractivity contribution in [3.63, 3.8) is 0 Å². The maximum absolute atomic E-state index is 12.8. The van der Waals surface area contributed by atoms with Crippen LogP contribution in [0, 0.1) is 0 Å². The van der Waals surface area contributed by atoms with Crippen molar-refractivity contribution in [1.29, 1.82) is 0 Å². The van der Waals surface area contributed by atoms with Gasteiger partial charge in [-0.2, -0.15) is 10.2 Å². The first kappa shape index (κ1) is 17.9. The van der Waals surface area contributed by atoms with Crippen LogP contribution in [0.2, 0.25) is 0 Å². The van der Waals surface area contributed by atoms with Crippen LogP contribution in [0.4, 0.5) is 0 Å². The summed E-state index contributed by atoms with van der Waals surface area (Å²) in [4.78, 5) is 14.9. The van der Waals surface area contributed by atoms with Crippen LogP contribution >= 0.6 is 0 Å². The summed E-state index contributed by atoms with van der Waals surface area (Å²) in [5, 5.41) is 9.50. The van der Waals surface area contributed by atoms with Crippen molar-refractivity contribution in [2.24, 2.45) is 0 Å². The van der Waals surface area contributed by atoms with E-state index >= 15 is 0 Å². The van der Waals surface area contributed by atoms with Gasteiger partial charge in [-0.3, -0.25) is 9.69 Å². The highest BCUT2D eigenvalue weighted by Gasteiger charge is 2.11. The Balaban J connectivity index is 1.57. The van der Waals surface area contributed by atoms with Crippen molar-refractivity contribution in [3.05, 3.63) is 82.9 Å². The zero-order valence-corrected chi connectivity index (χ0v) is 15.8. The lowest BCUT2D eigenvalue weighted by Crippen LogP contribution is -2.31. The molecule has 7 heteroatoms. The summed E-state index contributed by atoms with van der Waals surface area (Å²) in [6, 6.07) is 17.6. The Hall–Kier alpha value is -3.45. The number of rotatable bonds is 6. The molecule has 0 radical (unpaired) electrons. The number of aromatic nitrogens is 4. The average Bonchev–Trinajstić information content (AvgIpc) is 3.16. The lowest BCUT2D eigenvalue weighted by molar-refractivity contribution is 0.240. The fraction of sp³-hybridized carbons (Fsp3) is 0.190. The predicted molar refractivity (Wildman–Crippen MR) is 108 cm³/mol. The molecule has 0 saturated carbocycles. The number of hydrogen-bond donors (Lipinski definition) is 0. The summed E-state index contributed by atoms with van der Waals surface area (Å²) < 4.78 is 8.41. The van der Waals surface area contributed by atoms with Crippen molar-refractivity contribution < 1.29 is 4.74 Å². The number of benzene rings is 2. The van der Waals surface area contributed by atoms with Gasteiger partial charge in [0.15, 0.2) is 5.52 Å². The lowest BCUT2D eigenvalue weighted by atomic mass is 10.2. The lowest BCUT2D eigenvalue weighted by Gasteiger charge is -2.17. The number of nitrogens with zero attached hydrogens (tertiary/aromatic N) is 5. The van der Waals surface area contributed by atoms with E-state index < -0.39 is 0 Å². The molecule has 0 spiro atoms. The monoisotopic (exact) mass is 375 g/mol. The molecule has 0 fully saturated rings. The fourth-order valence-corrected chi connectivity index (χ4v) is 3.13. The van der Waals surface area contributed by atoms with Gasteiger partial charge in [0.2, 0.25) is 0 Å². The highest BCUT2D eigenvalue weighted by atomic mass is 16.5. The summed E-state index contributed by atoms with van der Waals surface area (Å²) in [6.45, 7) is 1.03. The van der Waals surface area contributed by atoms with Crippen molar-refractivity contribution in [3.8, 4) is 11.4 Å². The SMILES string of the molecule is COc1cccc(CN(C)Cn2ncc3cn(-c4ccccc4)nc3c2=O)c1. The van der Waals surface area contributed by atoms with Crippen molar-refractivity contribution >= 4 is 10.9 Å². The third-order valence-electron chi connectivity index (χ3n) is 4.50. The Morgan fingerprint density at radius 3 is 2.71 bits per heavy atom. The first-order valence-electron chi connectivity index (χ1n) is 8.96. The van der Waals surface area contributed by atoms with E-state index in [-0.39, 0.29) is 5.56 Å². The van der Waals surface area contributed by atoms with Crippen LogP contribution in [0.5, 0.6) is 5.75 Å². The minimum absolute atomic E-state index is 0.204. The van der Waals surface area contributed by atoms with Crippen LogP contribution in [0.15, 0.2) is 71.8 Å². The van der Waals surface area contributed by atoms with Gasteiger partial charge in [0.05, 0.1) is 25.7 Å². The average molecular weight is 375 g/mol. The summed E-state index contributed by atoms with van der Waals surface area (Å²) >= 11 is 0. The molecule has 0 aliphatic rings. The summed E-state index contributed by atoms with van der Waals surface area (Å²) in [6.07, 6.45) is 3.51. The van der Waals surface area contributed by atoms with E-state index in [9.17, 15) is 4.79 Å². The van der Waals surface area contributed by atoms with Gasteiger partial charge in [-0.15, -0.1) is 0 Å². The molecule has 0 amide bonds. The first-order chi connectivity index (χ1) is 13.6. The second-order valence-corrected chi connectivity index (χ2v) is 6.67. The number of methoxy groups -OCH3 is 1. The minimum Gasteiger partial charge on any atom is -0.497 e. The first-order valence-corrected chi connectivity index (χ1v) is 8.96. The molecule has 0 unspecified atom stereocenters. The Bertz CT molecular complexity index is 1150. The van der Waals surface area contributed by atoms with E-state index in [1.165, 1.54) is 4.68 Å². The van der Waals surface area contributed by atoms with Gasteiger partial charge in [0.25, 0.3) is 5.56 Å². The van der Waals surface area contributed by atoms with Crippen LogP contribution in [0.25, 0.3) is 16.6 Å². The Labute approximate surface area is 162 Å². The van der Waals surface area contributed by atoms with Crippen LogP contribution < -0.4 is 10.3 Å². The molecule has 0 aliphatic carbocycles. The number of fused-ring (bicyclic) bond motifs is 1. The van der Waals surface area contributed by atoms with E-state index in [0.29, 0.717) is 18.7 Å². The van der Waals surface area contributed by atoms with E-state index in [0.717, 1.165) is 22.4 Å². The number of para-hydroxylation sites is 1. The van der Waals surface area contributed by atoms with Gasteiger partial charge in [-0.05, 0) is 36.9 Å². The normalized spacial score (nSPS) is 11.2. The third-order valence-corrected chi connectivity index (χ3v) is 4.50. The minimum atomic E-state index is -0.204. The van der Waals surface area contributed by atoms with Crippen molar-refractivity contribution in [2.75, 3.05) is 14.2 Å². The Morgan fingerprint density at radius 1 is 1.11 bits per heavy atom. The molecule has 2 aromatic heterocycles. The topological polar surface area (TPSA) is 65.2 Å². The molecular formula is C21H21N5O2. The van der Waals surface area contributed by atoms with E-state index in [1.807, 2.05) is 72.7 Å². The maximum Gasteiger partial charge on any atom is 0.296 e. The van der Waals surface area contributed by atoms with E-state index in [4.69, 9.17) is 4.74 Å². The molecule has 7 nitrogen and oxygen atoms in total. The number of ether oxygens (including phenoxy) is 1. The van der Waals surface area contributed by atoms with Crippen molar-refractivity contribution in [1.82, 2.24) is 24.5 Å². The fourth-order valence-electron chi connectivity index (χ4n) is 3.13. The zero-order chi connectivity index (χ0) is 19.5. The molecule has 0 bridgehead atoms. The van der Waals surface area contributed by atoms with Gasteiger partial charge in [-0.1, -0.05) is 30.3 Å². The van der Waals surface area contributed by atoms with Crippen molar-refractivity contribution in [2.45, 2.75) is 13.2 Å². The molecular weight excluding hydrogens is 354 g/mol. The zero-order valence-electron chi connectivity index (χ0n) is 15.8. The second kappa shape index (κ2) is 7.66. The summed E-state index contributed by atoms with van der Waals surface area (Å²) in [5.74, 6) is 0.814. The molecule has 2 aromatic carbocycles. The predicted octanol–water partition coefficient (Wildman–Crippen LogP) is 2.68. The summed E-state index contributed by atoms with van der Waals surface area (Å²) in [5.41, 5.74) is 2.21. The van der Waals surface area contributed by atoms with Gasteiger partial charge < -0.3 is 4.74 Å². The third kappa shape index (κ3) is 3.65. The largest absolute Gasteiger partial charge is 0.497 e. The Morgan fingerprint density at radius 2 is 1.93 bits per heavy atom. The van der Waals surface area contributed by atoms with Crippen LogP contribution in [-0.4, -0.2) is 38.6 Å². The summed E-state index contributed by atoms with van der Waals surface area (Å²) in [7, 11) is 3.59. The molecule has 2 heterocycles. The molecule has 0 N–H and O–H groups in total. The Kier molecular flexibility index (Phi) is 4.90. The number of hydrogen-bond acceptors (Lipinski definition) is 5. The highest BCUT2D eigenvalue weighted by Crippen LogP contribution is 2.14. The van der Waals surface area contributed by atoms with Gasteiger partial charge in [-0.25, -0.2) is 9.36 Å². The maximum atomic E-state index is 12.8. The van der Waals surface area contributed by atoms with Crippen LogP contribution in [0.3, 0.4) is 0 Å². The van der Waals surface area contributed by atoms with Gasteiger partial charge in [0.1, 0.15) is 5.75 Å². The second-order valence-electron chi connectivity index (χ2n) is 6.67. The van der Waals surface area contributed by atoms with E-state index in [2.05, 4.69) is 10.2 Å². The van der Waals surface area contributed by atoms with Crippen LogP contribution in [-0.2, 0) is 13.2 Å². The molecule has 0 saturated heterocycles. The standard InChI is InChI=1S/C21H21N5O2/c1-24(13-16-7-6-10-19(11-16)28-2)15-26-21(27)20-17(12-22-26)14-25(23-20)18-8-4-3-5-9-18/h3-12,14H,13,15H2,1-2H3. The highest BCUT2D eigenvalue weighted by molar-refractivity contribution is 5.76. The molecule has 28 heavy (non-hydrogen) atoms.